The lowest BCUT2D eigenvalue weighted by Crippen LogP contribution is -2.43. The minimum absolute atomic E-state index is 0.0596. The number of hydrazine groups is 1. The number of carbonyl (C=O) groups is 2. The number of pyridine rings is 1. The van der Waals surface area contributed by atoms with Crippen LogP contribution in [0.25, 0.3) is 10.9 Å². The first-order valence-electron chi connectivity index (χ1n) is 10.4. The Kier molecular flexibility index (Phi) is 6.91. The van der Waals surface area contributed by atoms with Crippen molar-refractivity contribution in [2.24, 2.45) is 0 Å². The van der Waals surface area contributed by atoms with Crippen LogP contribution in [0.1, 0.15) is 10.4 Å². The molecule has 3 aromatic carbocycles. The molecule has 0 fully saturated rings. The lowest BCUT2D eigenvalue weighted by Gasteiger charge is -2.13. The van der Waals surface area contributed by atoms with Gasteiger partial charge in [-0.1, -0.05) is 18.2 Å². The van der Waals surface area contributed by atoms with Crippen molar-refractivity contribution >= 4 is 28.5 Å². The van der Waals surface area contributed by atoms with Crippen molar-refractivity contribution in [3.63, 3.8) is 0 Å². The van der Waals surface area contributed by atoms with Gasteiger partial charge in [-0.2, -0.15) is 0 Å². The summed E-state index contributed by atoms with van der Waals surface area (Å²) < 4.78 is 31.2. The molecule has 4 aromatic rings. The van der Waals surface area contributed by atoms with Crippen LogP contribution in [0, 0.1) is 5.82 Å². The van der Waals surface area contributed by atoms with Crippen molar-refractivity contribution in [1.29, 1.82) is 0 Å². The first kappa shape index (κ1) is 23.3. The summed E-state index contributed by atoms with van der Waals surface area (Å²) >= 11 is 0. The Balaban J connectivity index is 1.44. The van der Waals surface area contributed by atoms with Gasteiger partial charge in [-0.3, -0.25) is 15.2 Å². The van der Waals surface area contributed by atoms with Crippen molar-refractivity contribution < 1.29 is 28.2 Å². The average Bonchev–Trinajstić information content (AvgIpc) is 2.88. The molecule has 0 spiro atoms. The summed E-state index contributed by atoms with van der Waals surface area (Å²) in [6.07, 6.45) is 1.53. The molecule has 0 saturated heterocycles. The Morgan fingerprint density at radius 3 is 2.29 bits per heavy atom. The van der Waals surface area contributed by atoms with Gasteiger partial charge in [0, 0.05) is 35.0 Å². The number of anilines is 1. The topological polar surface area (TPSA) is 111 Å². The van der Waals surface area contributed by atoms with Gasteiger partial charge in [0.1, 0.15) is 5.75 Å². The van der Waals surface area contributed by atoms with Crippen LogP contribution in [-0.2, 0) is 0 Å². The summed E-state index contributed by atoms with van der Waals surface area (Å²) in [5.41, 5.74) is 5.59. The summed E-state index contributed by atoms with van der Waals surface area (Å²) in [5.74, 6) is 0.0800. The highest BCUT2D eigenvalue weighted by molar-refractivity contribution is 5.97. The van der Waals surface area contributed by atoms with Gasteiger partial charge in [0.25, 0.3) is 5.91 Å². The molecule has 35 heavy (non-hydrogen) atoms. The highest BCUT2D eigenvalue weighted by Crippen LogP contribution is 2.37. The number of amides is 3. The number of fused-ring (bicyclic) bond motifs is 1. The molecule has 9 nitrogen and oxygen atoms in total. The van der Waals surface area contributed by atoms with Gasteiger partial charge in [-0.25, -0.2) is 14.6 Å². The Bertz CT molecular complexity index is 1380. The van der Waals surface area contributed by atoms with E-state index in [1.807, 2.05) is 0 Å². The van der Waals surface area contributed by atoms with E-state index >= 15 is 0 Å². The number of nitrogens with one attached hydrogen (secondary N) is 3. The fourth-order valence-electron chi connectivity index (χ4n) is 3.25. The Hall–Kier alpha value is -4.86. The van der Waals surface area contributed by atoms with Crippen LogP contribution in [-0.4, -0.2) is 31.1 Å². The molecule has 3 amide bonds. The quantitative estimate of drug-likeness (QED) is 0.350. The highest BCUT2D eigenvalue weighted by atomic mass is 19.1. The number of carbonyl (C=O) groups excluding carboxylic acids is 2. The number of methoxy groups -OCH3 is 2. The Morgan fingerprint density at radius 1 is 0.829 bits per heavy atom. The maximum absolute atomic E-state index is 14.8. The van der Waals surface area contributed by atoms with E-state index in [4.69, 9.17) is 14.2 Å². The molecule has 178 valence electrons. The van der Waals surface area contributed by atoms with Gasteiger partial charge in [0.2, 0.25) is 0 Å². The van der Waals surface area contributed by atoms with E-state index in [1.165, 1.54) is 32.5 Å². The average molecular weight is 476 g/mol. The third kappa shape index (κ3) is 5.38. The standard InChI is InChI=1S/C25H21FN4O5/c1-33-22-13-17-19(14-23(22)34-2)27-11-10-20(17)35-21-9-8-16(12-18(21)26)28-25(32)30-29-24(31)15-6-4-3-5-7-15/h3-14H,1-2H3,(H,29,31)(H2,28,30,32). The zero-order valence-electron chi connectivity index (χ0n) is 18.8. The van der Waals surface area contributed by atoms with Crippen LogP contribution < -0.4 is 30.4 Å². The van der Waals surface area contributed by atoms with Crippen molar-refractivity contribution in [2.45, 2.75) is 0 Å². The van der Waals surface area contributed by atoms with Gasteiger partial charge in [0.05, 0.1) is 19.7 Å². The molecule has 0 aliphatic carbocycles. The molecule has 0 atom stereocenters. The van der Waals surface area contributed by atoms with Crippen LogP contribution >= 0.6 is 0 Å². The molecule has 0 bridgehead atoms. The van der Waals surface area contributed by atoms with Gasteiger partial charge in [0.15, 0.2) is 23.1 Å². The Labute approximate surface area is 199 Å². The molecule has 0 radical (unpaired) electrons. The number of hydrogen-bond donors (Lipinski definition) is 3. The van der Waals surface area contributed by atoms with Crippen LogP contribution in [0.4, 0.5) is 14.9 Å². The van der Waals surface area contributed by atoms with Crippen molar-refractivity contribution in [1.82, 2.24) is 15.8 Å². The zero-order chi connectivity index (χ0) is 24.8. The molecule has 1 aromatic heterocycles. The van der Waals surface area contributed by atoms with Crippen LogP contribution in [0.3, 0.4) is 0 Å². The van der Waals surface area contributed by atoms with E-state index in [9.17, 15) is 14.0 Å². The first-order valence-corrected chi connectivity index (χ1v) is 10.4. The van der Waals surface area contributed by atoms with E-state index < -0.39 is 17.8 Å². The number of benzene rings is 3. The van der Waals surface area contributed by atoms with Crippen molar-refractivity contribution in [3.05, 3.63) is 84.3 Å². The lowest BCUT2D eigenvalue weighted by molar-refractivity contribution is 0.0938. The fourth-order valence-corrected chi connectivity index (χ4v) is 3.25. The molecule has 3 N–H and O–H groups in total. The Morgan fingerprint density at radius 2 is 1.57 bits per heavy atom. The van der Waals surface area contributed by atoms with Crippen LogP contribution in [0.15, 0.2) is 72.9 Å². The summed E-state index contributed by atoms with van der Waals surface area (Å²) in [5, 5.41) is 3.03. The predicted octanol–water partition coefficient (Wildman–Crippen LogP) is 4.65. The minimum atomic E-state index is -0.747. The minimum Gasteiger partial charge on any atom is -0.493 e. The number of ether oxygens (including phenoxy) is 3. The second-order valence-electron chi connectivity index (χ2n) is 7.18. The van der Waals surface area contributed by atoms with E-state index in [2.05, 4.69) is 21.2 Å². The number of aromatic nitrogens is 1. The number of nitrogens with zero attached hydrogens (tertiary/aromatic N) is 1. The van der Waals surface area contributed by atoms with Crippen LogP contribution in [0.5, 0.6) is 23.0 Å². The van der Waals surface area contributed by atoms with Gasteiger partial charge < -0.3 is 19.5 Å². The highest BCUT2D eigenvalue weighted by Gasteiger charge is 2.14. The molecular formula is C25H21FN4O5. The van der Waals surface area contributed by atoms with E-state index in [-0.39, 0.29) is 11.4 Å². The second-order valence-corrected chi connectivity index (χ2v) is 7.18. The largest absolute Gasteiger partial charge is 0.493 e. The lowest BCUT2D eigenvalue weighted by atomic mass is 10.2. The smallest absolute Gasteiger partial charge is 0.337 e. The van der Waals surface area contributed by atoms with Gasteiger partial charge in [-0.15, -0.1) is 0 Å². The maximum atomic E-state index is 14.8. The normalized spacial score (nSPS) is 10.4. The third-order valence-electron chi connectivity index (χ3n) is 4.94. The monoisotopic (exact) mass is 476 g/mol. The van der Waals surface area contributed by atoms with Crippen LogP contribution in [0.2, 0.25) is 0 Å². The number of rotatable bonds is 6. The third-order valence-corrected chi connectivity index (χ3v) is 4.94. The SMILES string of the molecule is COc1cc2nccc(Oc3ccc(NC(=O)NNC(=O)c4ccccc4)cc3F)c2cc1OC. The predicted molar refractivity (Wildman–Crippen MR) is 127 cm³/mol. The molecule has 0 aliphatic rings. The molecule has 0 aliphatic heterocycles. The summed E-state index contributed by atoms with van der Waals surface area (Å²) in [7, 11) is 3.03. The summed E-state index contributed by atoms with van der Waals surface area (Å²) in [6.45, 7) is 0. The second kappa shape index (κ2) is 10.4. The van der Waals surface area contributed by atoms with E-state index in [0.29, 0.717) is 33.7 Å². The van der Waals surface area contributed by atoms with Gasteiger partial charge in [-0.05, 0) is 36.4 Å². The molecule has 0 unspecified atom stereocenters. The number of urea groups is 1. The molecule has 1 heterocycles. The van der Waals surface area contributed by atoms with Crippen molar-refractivity contribution in [3.8, 4) is 23.0 Å². The van der Waals surface area contributed by atoms with E-state index in [1.54, 1.807) is 48.5 Å². The molecular weight excluding hydrogens is 455 g/mol. The summed E-state index contributed by atoms with van der Waals surface area (Å²) in [4.78, 5) is 28.4. The fraction of sp³-hybridized carbons (Fsp3) is 0.0800. The number of hydrogen-bond acceptors (Lipinski definition) is 6. The van der Waals surface area contributed by atoms with E-state index in [0.717, 1.165) is 6.07 Å². The molecule has 0 saturated carbocycles. The number of halogens is 1. The zero-order valence-corrected chi connectivity index (χ0v) is 18.8. The van der Waals surface area contributed by atoms with Crippen molar-refractivity contribution in [2.75, 3.05) is 19.5 Å². The molecule has 10 heteroatoms. The first-order chi connectivity index (χ1) is 17.0. The molecule has 4 rings (SSSR count). The summed E-state index contributed by atoms with van der Waals surface area (Å²) in [6, 6.07) is 16.5. The maximum Gasteiger partial charge on any atom is 0.337 e. The van der Waals surface area contributed by atoms with Gasteiger partial charge >= 0.3 is 6.03 Å².